The Hall–Kier alpha value is -2.90. The van der Waals surface area contributed by atoms with Gasteiger partial charge in [0.05, 0.1) is 5.56 Å². The summed E-state index contributed by atoms with van der Waals surface area (Å²) in [6, 6.07) is 6.39. The van der Waals surface area contributed by atoms with Crippen LogP contribution in [0.4, 0.5) is 13.2 Å². The summed E-state index contributed by atoms with van der Waals surface area (Å²) in [5.74, 6) is -1.15. The van der Waals surface area contributed by atoms with Crippen molar-refractivity contribution in [3.05, 3.63) is 65.5 Å². The highest BCUT2D eigenvalue weighted by atomic mass is 19.4. The number of nitrogens with zero attached hydrogens (tertiary/aromatic N) is 2. The van der Waals surface area contributed by atoms with Crippen molar-refractivity contribution >= 4 is 11.8 Å². The van der Waals surface area contributed by atoms with Gasteiger partial charge in [-0.05, 0) is 23.8 Å². The van der Waals surface area contributed by atoms with Crippen LogP contribution in [0.2, 0.25) is 0 Å². The molecule has 1 saturated heterocycles. The maximum Gasteiger partial charge on any atom is 0.416 e. The number of alkyl halides is 3. The third-order valence-corrected chi connectivity index (χ3v) is 3.96. The standard InChI is InChI=1S/C17H14F3N3O2/c18-17(19,20)13-4-2-1-3-12(13)14-15(24)22-9-10-23(14)16(25)11-5-7-21-8-6-11/h1-8,14H,9-10H2,(H,22,24)/t14-/m1/s1. The fourth-order valence-electron chi connectivity index (χ4n) is 2.85. The molecule has 0 aliphatic carbocycles. The van der Waals surface area contributed by atoms with Crippen molar-refractivity contribution in [2.24, 2.45) is 0 Å². The van der Waals surface area contributed by atoms with Gasteiger partial charge in [0.1, 0.15) is 6.04 Å². The normalized spacial score (nSPS) is 18.0. The van der Waals surface area contributed by atoms with Gasteiger partial charge in [-0.1, -0.05) is 18.2 Å². The van der Waals surface area contributed by atoms with Crippen molar-refractivity contribution in [1.82, 2.24) is 15.2 Å². The molecule has 1 aromatic carbocycles. The first-order valence-electron chi connectivity index (χ1n) is 7.54. The first-order valence-corrected chi connectivity index (χ1v) is 7.54. The van der Waals surface area contributed by atoms with Gasteiger partial charge in [0, 0.05) is 31.0 Å². The molecule has 0 saturated carbocycles. The van der Waals surface area contributed by atoms with Crippen LogP contribution in [0.25, 0.3) is 0 Å². The second-order valence-electron chi connectivity index (χ2n) is 5.51. The molecule has 1 aromatic heterocycles. The number of hydrogen-bond donors (Lipinski definition) is 1. The molecule has 3 rings (SSSR count). The molecule has 1 atom stereocenters. The van der Waals surface area contributed by atoms with Crippen LogP contribution in [0, 0.1) is 0 Å². The maximum atomic E-state index is 13.3. The van der Waals surface area contributed by atoms with Gasteiger partial charge >= 0.3 is 6.18 Å². The Morgan fingerprint density at radius 2 is 1.84 bits per heavy atom. The summed E-state index contributed by atoms with van der Waals surface area (Å²) in [4.78, 5) is 30.0. The predicted octanol–water partition coefficient (Wildman–Crippen LogP) is 2.41. The molecule has 0 spiro atoms. The zero-order chi connectivity index (χ0) is 18.0. The number of rotatable bonds is 2. The first kappa shape index (κ1) is 16.9. The number of piperazine rings is 1. The molecule has 2 aromatic rings. The van der Waals surface area contributed by atoms with Crippen LogP contribution in [0.15, 0.2) is 48.8 Å². The molecule has 2 amide bonds. The number of hydrogen-bond acceptors (Lipinski definition) is 3. The quantitative estimate of drug-likeness (QED) is 0.906. The Balaban J connectivity index is 2.06. The van der Waals surface area contributed by atoms with E-state index in [1.165, 1.54) is 47.6 Å². The van der Waals surface area contributed by atoms with Crippen LogP contribution in [0.1, 0.15) is 27.5 Å². The molecule has 8 heteroatoms. The molecule has 1 aliphatic rings. The van der Waals surface area contributed by atoms with Gasteiger partial charge in [-0.3, -0.25) is 14.6 Å². The van der Waals surface area contributed by atoms with Gasteiger partial charge in [0.2, 0.25) is 5.91 Å². The molecule has 5 nitrogen and oxygen atoms in total. The highest BCUT2D eigenvalue weighted by Gasteiger charge is 2.41. The monoisotopic (exact) mass is 349 g/mol. The number of benzene rings is 1. The highest BCUT2D eigenvalue weighted by molar-refractivity contribution is 5.98. The van der Waals surface area contributed by atoms with Crippen molar-refractivity contribution in [1.29, 1.82) is 0 Å². The van der Waals surface area contributed by atoms with Gasteiger partial charge in [-0.25, -0.2) is 0 Å². The minimum atomic E-state index is -4.63. The van der Waals surface area contributed by atoms with E-state index in [4.69, 9.17) is 0 Å². The zero-order valence-corrected chi connectivity index (χ0v) is 13.0. The van der Waals surface area contributed by atoms with Crippen LogP contribution >= 0.6 is 0 Å². The van der Waals surface area contributed by atoms with Gasteiger partial charge in [-0.2, -0.15) is 13.2 Å². The summed E-state index contributed by atoms with van der Waals surface area (Å²) in [5, 5.41) is 2.53. The van der Waals surface area contributed by atoms with Crippen molar-refractivity contribution in [2.75, 3.05) is 13.1 Å². The third-order valence-electron chi connectivity index (χ3n) is 3.96. The van der Waals surface area contributed by atoms with Gasteiger partial charge in [-0.15, -0.1) is 0 Å². The number of pyridine rings is 1. The summed E-state index contributed by atoms with van der Waals surface area (Å²) in [6.45, 7) is 0.296. The van der Waals surface area contributed by atoms with Crippen LogP contribution in [-0.4, -0.2) is 34.8 Å². The summed E-state index contributed by atoms with van der Waals surface area (Å²) in [7, 11) is 0. The summed E-state index contributed by atoms with van der Waals surface area (Å²) in [6.07, 6.45) is -1.80. The SMILES string of the molecule is O=C1NCCN(C(=O)c2ccncc2)[C@@H]1c1ccccc1C(F)(F)F. The second-order valence-corrected chi connectivity index (χ2v) is 5.51. The van der Waals surface area contributed by atoms with Crippen molar-refractivity contribution in [2.45, 2.75) is 12.2 Å². The number of carbonyl (C=O) groups excluding carboxylic acids is 2. The van der Waals surface area contributed by atoms with E-state index in [-0.39, 0.29) is 24.2 Å². The lowest BCUT2D eigenvalue weighted by atomic mass is 9.96. The van der Waals surface area contributed by atoms with Crippen LogP contribution in [0.5, 0.6) is 0 Å². The Bertz CT molecular complexity index is 793. The van der Waals surface area contributed by atoms with Crippen LogP contribution in [0.3, 0.4) is 0 Å². The molecule has 0 unspecified atom stereocenters. The number of carbonyl (C=O) groups is 2. The number of nitrogens with one attached hydrogen (secondary N) is 1. The first-order chi connectivity index (χ1) is 11.9. The topological polar surface area (TPSA) is 62.3 Å². The van der Waals surface area contributed by atoms with E-state index in [1.807, 2.05) is 0 Å². The molecular formula is C17H14F3N3O2. The minimum absolute atomic E-state index is 0.115. The minimum Gasteiger partial charge on any atom is -0.352 e. The Labute approximate surface area is 141 Å². The number of halogens is 3. The van der Waals surface area contributed by atoms with E-state index in [0.29, 0.717) is 0 Å². The highest BCUT2D eigenvalue weighted by Crippen LogP contribution is 2.37. The predicted molar refractivity (Wildman–Crippen MR) is 82.5 cm³/mol. The molecule has 1 aliphatic heterocycles. The van der Waals surface area contributed by atoms with E-state index in [9.17, 15) is 22.8 Å². The molecule has 1 fully saturated rings. The van der Waals surface area contributed by atoms with Crippen LogP contribution < -0.4 is 5.32 Å². The number of amides is 2. The molecular weight excluding hydrogens is 335 g/mol. The second kappa shape index (κ2) is 6.54. The molecule has 25 heavy (non-hydrogen) atoms. The lowest BCUT2D eigenvalue weighted by Gasteiger charge is -2.36. The molecule has 130 valence electrons. The lowest BCUT2D eigenvalue weighted by Crippen LogP contribution is -2.52. The largest absolute Gasteiger partial charge is 0.416 e. The van der Waals surface area contributed by atoms with Crippen molar-refractivity contribution < 1.29 is 22.8 Å². The van der Waals surface area contributed by atoms with Gasteiger partial charge < -0.3 is 10.2 Å². The van der Waals surface area contributed by atoms with E-state index >= 15 is 0 Å². The molecule has 1 N–H and O–H groups in total. The van der Waals surface area contributed by atoms with E-state index in [1.54, 1.807) is 0 Å². The smallest absolute Gasteiger partial charge is 0.352 e. The van der Waals surface area contributed by atoms with E-state index in [2.05, 4.69) is 10.3 Å². The number of aromatic nitrogens is 1. The van der Waals surface area contributed by atoms with Crippen LogP contribution in [-0.2, 0) is 11.0 Å². The molecule has 2 heterocycles. The average Bonchev–Trinajstić information content (AvgIpc) is 2.61. The molecule has 0 bridgehead atoms. The summed E-state index contributed by atoms with van der Waals surface area (Å²) >= 11 is 0. The van der Waals surface area contributed by atoms with Crippen molar-refractivity contribution in [3.63, 3.8) is 0 Å². The van der Waals surface area contributed by atoms with Gasteiger partial charge in [0.25, 0.3) is 5.91 Å². The zero-order valence-electron chi connectivity index (χ0n) is 13.0. The lowest BCUT2D eigenvalue weighted by molar-refractivity contribution is -0.139. The third kappa shape index (κ3) is 3.33. The average molecular weight is 349 g/mol. The maximum absolute atomic E-state index is 13.3. The van der Waals surface area contributed by atoms with Crippen molar-refractivity contribution in [3.8, 4) is 0 Å². The fraction of sp³-hybridized carbons (Fsp3) is 0.235. The Morgan fingerprint density at radius 1 is 1.16 bits per heavy atom. The Morgan fingerprint density at radius 3 is 2.52 bits per heavy atom. The van der Waals surface area contributed by atoms with E-state index in [0.717, 1.165) is 6.07 Å². The van der Waals surface area contributed by atoms with Gasteiger partial charge in [0.15, 0.2) is 0 Å². The molecule has 0 radical (unpaired) electrons. The summed E-state index contributed by atoms with van der Waals surface area (Å²) in [5.41, 5.74) is -0.904. The van der Waals surface area contributed by atoms with E-state index < -0.39 is 29.6 Å². The fourth-order valence-corrected chi connectivity index (χ4v) is 2.85. The Kier molecular flexibility index (Phi) is 4.43. The summed E-state index contributed by atoms with van der Waals surface area (Å²) < 4.78 is 40.0.